The Kier molecular flexibility index (Phi) is 4.12. The molecular formula is C16H15FN2S2. The zero-order valence-electron chi connectivity index (χ0n) is 11.8. The molecule has 108 valence electrons. The molecule has 1 aromatic heterocycles. The van der Waals surface area contributed by atoms with Crippen molar-refractivity contribution >= 4 is 39.0 Å². The van der Waals surface area contributed by atoms with Crippen molar-refractivity contribution in [2.75, 3.05) is 11.6 Å². The molecule has 3 aromatic rings. The first-order valence-electron chi connectivity index (χ1n) is 6.59. The first-order chi connectivity index (χ1) is 10.2. The molecule has 0 aliphatic rings. The van der Waals surface area contributed by atoms with Crippen LogP contribution in [-0.4, -0.2) is 11.2 Å². The summed E-state index contributed by atoms with van der Waals surface area (Å²) in [6.07, 6.45) is 2.03. The van der Waals surface area contributed by atoms with Crippen molar-refractivity contribution in [2.24, 2.45) is 0 Å². The molecule has 1 heterocycles. The van der Waals surface area contributed by atoms with Crippen LogP contribution in [0.15, 0.2) is 40.7 Å². The van der Waals surface area contributed by atoms with Gasteiger partial charge in [-0.2, -0.15) is 0 Å². The lowest BCUT2D eigenvalue weighted by Gasteiger charge is -2.09. The molecule has 5 heteroatoms. The Hall–Kier alpha value is -1.59. The van der Waals surface area contributed by atoms with E-state index >= 15 is 0 Å². The third-order valence-corrected chi connectivity index (χ3v) is 5.34. The maximum absolute atomic E-state index is 13.3. The zero-order chi connectivity index (χ0) is 14.8. The number of halogens is 1. The highest BCUT2D eigenvalue weighted by Crippen LogP contribution is 2.30. The number of hydrogen-bond donors (Lipinski definition) is 1. The summed E-state index contributed by atoms with van der Waals surface area (Å²) in [5, 5.41) is 3.35. The summed E-state index contributed by atoms with van der Waals surface area (Å²) >= 11 is 3.35. The molecule has 0 amide bonds. The average molecular weight is 318 g/mol. The van der Waals surface area contributed by atoms with Crippen molar-refractivity contribution in [3.63, 3.8) is 0 Å². The van der Waals surface area contributed by atoms with E-state index in [1.54, 1.807) is 29.2 Å². The van der Waals surface area contributed by atoms with E-state index in [4.69, 9.17) is 0 Å². The van der Waals surface area contributed by atoms with Crippen LogP contribution in [0.25, 0.3) is 10.2 Å². The number of nitrogens with zero attached hydrogens (tertiary/aromatic N) is 1. The van der Waals surface area contributed by atoms with Gasteiger partial charge in [0.05, 0.1) is 10.2 Å². The monoisotopic (exact) mass is 318 g/mol. The van der Waals surface area contributed by atoms with Crippen LogP contribution in [0.2, 0.25) is 0 Å². The molecule has 0 saturated carbocycles. The molecule has 0 bridgehead atoms. The summed E-state index contributed by atoms with van der Waals surface area (Å²) < 4.78 is 15.5. The number of hydrogen-bond acceptors (Lipinski definition) is 4. The molecule has 3 rings (SSSR count). The van der Waals surface area contributed by atoms with Crippen molar-refractivity contribution in [1.82, 2.24) is 4.98 Å². The number of benzene rings is 2. The van der Waals surface area contributed by atoms with Crippen LogP contribution in [0.5, 0.6) is 0 Å². The molecule has 2 nitrogen and oxygen atoms in total. The van der Waals surface area contributed by atoms with Gasteiger partial charge in [0.2, 0.25) is 0 Å². The van der Waals surface area contributed by atoms with Gasteiger partial charge in [0.15, 0.2) is 4.34 Å². The van der Waals surface area contributed by atoms with Crippen molar-refractivity contribution in [1.29, 1.82) is 0 Å². The van der Waals surface area contributed by atoms with E-state index in [2.05, 4.69) is 16.4 Å². The maximum Gasteiger partial charge on any atom is 0.150 e. The first-order valence-corrected chi connectivity index (χ1v) is 8.63. The van der Waals surface area contributed by atoms with Crippen molar-refractivity contribution < 1.29 is 4.39 Å². The Bertz CT molecular complexity index is 783. The summed E-state index contributed by atoms with van der Waals surface area (Å²) in [5.74, 6) is -0.195. The van der Waals surface area contributed by atoms with Gasteiger partial charge in [-0.25, -0.2) is 9.37 Å². The van der Waals surface area contributed by atoms with Gasteiger partial charge in [0.1, 0.15) is 5.82 Å². The van der Waals surface area contributed by atoms with Crippen LogP contribution in [0.3, 0.4) is 0 Å². The SMILES string of the molecule is CSc1nc2ccc(NCc3cc(F)ccc3C)cc2s1. The summed E-state index contributed by atoms with van der Waals surface area (Å²) in [6.45, 7) is 2.61. The summed E-state index contributed by atoms with van der Waals surface area (Å²) in [7, 11) is 0. The van der Waals surface area contributed by atoms with E-state index in [1.807, 2.05) is 31.4 Å². The topological polar surface area (TPSA) is 24.9 Å². The number of fused-ring (bicyclic) bond motifs is 1. The third-order valence-electron chi connectivity index (χ3n) is 3.34. The van der Waals surface area contributed by atoms with Crippen molar-refractivity contribution in [3.8, 4) is 0 Å². The number of thiazole rings is 1. The molecular weight excluding hydrogens is 303 g/mol. The Balaban J connectivity index is 1.80. The second-order valence-electron chi connectivity index (χ2n) is 4.79. The molecule has 2 aromatic carbocycles. The molecule has 0 fully saturated rings. The Morgan fingerprint density at radius 2 is 2.10 bits per heavy atom. The number of nitrogens with one attached hydrogen (secondary N) is 1. The molecule has 0 spiro atoms. The Morgan fingerprint density at radius 3 is 2.90 bits per heavy atom. The van der Waals surface area contributed by atoms with Crippen LogP contribution in [0.1, 0.15) is 11.1 Å². The van der Waals surface area contributed by atoms with Gasteiger partial charge >= 0.3 is 0 Å². The molecule has 0 aliphatic carbocycles. The van der Waals surface area contributed by atoms with Crippen molar-refractivity contribution in [3.05, 3.63) is 53.3 Å². The van der Waals surface area contributed by atoms with E-state index in [0.717, 1.165) is 26.7 Å². The average Bonchev–Trinajstić information content (AvgIpc) is 2.90. The highest BCUT2D eigenvalue weighted by molar-refractivity contribution is 8.00. The van der Waals surface area contributed by atoms with Gasteiger partial charge in [-0.1, -0.05) is 17.8 Å². The highest BCUT2D eigenvalue weighted by Gasteiger charge is 2.05. The van der Waals surface area contributed by atoms with Gasteiger partial charge in [-0.3, -0.25) is 0 Å². The predicted molar refractivity (Wildman–Crippen MR) is 89.9 cm³/mol. The third kappa shape index (κ3) is 3.19. The first kappa shape index (κ1) is 14.4. The molecule has 0 aliphatic heterocycles. The largest absolute Gasteiger partial charge is 0.381 e. The lowest BCUT2D eigenvalue weighted by Crippen LogP contribution is -2.01. The molecule has 21 heavy (non-hydrogen) atoms. The van der Waals surface area contributed by atoms with Gasteiger partial charge in [-0.15, -0.1) is 11.3 Å². The Labute approximate surface area is 131 Å². The van der Waals surface area contributed by atoms with Crippen LogP contribution in [0, 0.1) is 12.7 Å². The van der Waals surface area contributed by atoms with Gasteiger partial charge in [-0.05, 0) is 54.6 Å². The van der Waals surface area contributed by atoms with Crippen LogP contribution in [-0.2, 0) is 6.54 Å². The normalized spacial score (nSPS) is 11.0. The molecule has 1 N–H and O–H groups in total. The second kappa shape index (κ2) is 6.03. The highest BCUT2D eigenvalue weighted by atomic mass is 32.2. The Morgan fingerprint density at radius 1 is 1.24 bits per heavy atom. The minimum absolute atomic E-state index is 0.195. The van der Waals surface area contributed by atoms with E-state index in [1.165, 1.54) is 10.8 Å². The van der Waals surface area contributed by atoms with Gasteiger partial charge in [0.25, 0.3) is 0 Å². The smallest absolute Gasteiger partial charge is 0.150 e. The van der Waals surface area contributed by atoms with E-state index in [0.29, 0.717) is 6.54 Å². The quantitative estimate of drug-likeness (QED) is 0.679. The summed E-state index contributed by atoms with van der Waals surface area (Å²) in [6, 6.07) is 11.0. The number of aromatic nitrogens is 1. The minimum atomic E-state index is -0.195. The van der Waals surface area contributed by atoms with E-state index in [-0.39, 0.29) is 5.82 Å². The fourth-order valence-electron chi connectivity index (χ4n) is 2.13. The van der Waals surface area contributed by atoms with Crippen LogP contribution in [0.4, 0.5) is 10.1 Å². The number of anilines is 1. The number of thioether (sulfide) groups is 1. The zero-order valence-corrected chi connectivity index (χ0v) is 13.4. The minimum Gasteiger partial charge on any atom is -0.381 e. The summed E-state index contributed by atoms with van der Waals surface area (Å²) in [4.78, 5) is 4.52. The summed E-state index contributed by atoms with van der Waals surface area (Å²) in [5.41, 5.74) is 4.12. The fraction of sp³-hybridized carbons (Fsp3) is 0.188. The number of aryl methyl sites for hydroxylation is 1. The standard InChI is InChI=1S/C16H15FN2S2/c1-10-3-4-12(17)7-11(10)9-18-13-5-6-14-15(8-13)21-16(19-14)20-2/h3-8,18H,9H2,1-2H3. The molecule has 0 radical (unpaired) electrons. The van der Waals surface area contributed by atoms with Gasteiger partial charge in [0, 0.05) is 12.2 Å². The molecule has 0 atom stereocenters. The van der Waals surface area contributed by atoms with Crippen LogP contribution >= 0.6 is 23.1 Å². The van der Waals surface area contributed by atoms with E-state index in [9.17, 15) is 4.39 Å². The molecule has 0 unspecified atom stereocenters. The number of rotatable bonds is 4. The van der Waals surface area contributed by atoms with Gasteiger partial charge < -0.3 is 5.32 Å². The second-order valence-corrected chi connectivity index (χ2v) is 6.87. The van der Waals surface area contributed by atoms with Crippen molar-refractivity contribution in [2.45, 2.75) is 17.8 Å². The van der Waals surface area contributed by atoms with Crippen LogP contribution < -0.4 is 5.32 Å². The lowest BCUT2D eigenvalue weighted by molar-refractivity contribution is 0.625. The van der Waals surface area contributed by atoms with E-state index < -0.39 is 0 Å². The lowest BCUT2D eigenvalue weighted by atomic mass is 10.1. The fourth-order valence-corrected chi connectivity index (χ4v) is 3.66. The predicted octanol–water partition coefficient (Wildman–Crippen LogP) is 5.08. The molecule has 0 saturated heterocycles. The maximum atomic E-state index is 13.3.